The van der Waals surface area contributed by atoms with E-state index in [0.717, 1.165) is 16.7 Å². The van der Waals surface area contributed by atoms with Gasteiger partial charge in [0, 0.05) is 5.39 Å². The number of fused-ring (bicyclic) bond motifs is 1. The van der Waals surface area contributed by atoms with Crippen LogP contribution in [0.25, 0.3) is 10.8 Å². The van der Waals surface area contributed by atoms with Crippen LogP contribution >= 0.6 is 0 Å². The first-order chi connectivity index (χ1) is 12.2. The number of azo groups is 1. The lowest BCUT2D eigenvalue weighted by Crippen LogP contribution is -1.97. The summed E-state index contributed by atoms with van der Waals surface area (Å²) in [5, 5.41) is 19.7. The fraction of sp³-hybridized carbons (Fsp3) is 0.158. The normalized spacial score (nSPS) is 12.2. The maximum absolute atomic E-state index is 11.3. The van der Waals surface area contributed by atoms with Crippen LogP contribution in [0.3, 0.4) is 0 Å². The van der Waals surface area contributed by atoms with Crippen LogP contribution in [0.5, 0.6) is 5.75 Å². The molecule has 3 aromatic rings. The van der Waals surface area contributed by atoms with Crippen LogP contribution in [0.1, 0.15) is 16.7 Å². The van der Waals surface area contributed by atoms with E-state index < -0.39 is 10.1 Å². The zero-order chi connectivity index (χ0) is 19.1. The molecule has 0 aliphatic carbocycles. The molecular weight excluding hydrogens is 352 g/mol. The lowest BCUT2D eigenvalue weighted by atomic mass is 10.1. The first-order valence-electron chi connectivity index (χ1n) is 7.89. The van der Waals surface area contributed by atoms with Crippen molar-refractivity contribution in [2.45, 2.75) is 25.7 Å². The number of phenols is 1. The zero-order valence-corrected chi connectivity index (χ0v) is 15.4. The average molecular weight is 370 g/mol. The quantitative estimate of drug-likeness (QED) is 0.493. The number of hydrogen-bond donors (Lipinski definition) is 2. The fourth-order valence-electron chi connectivity index (χ4n) is 2.70. The summed E-state index contributed by atoms with van der Waals surface area (Å²) in [6.07, 6.45) is 0. The van der Waals surface area contributed by atoms with Crippen molar-refractivity contribution in [1.29, 1.82) is 0 Å². The van der Waals surface area contributed by atoms with Gasteiger partial charge in [-0.2, -0.15) is 13.5 Å². The Bertz CT molecular complexity index is 1150. The first-order valence-corrected chi connectivity index (χ1v) is 9.33. The number of aryl methyl sites for hydroxylation is 3. The van der Waals surface area contributed by atoms with Crippen molar-refractivity contribution in [3.63, 3.8) is 0 Å². The average Bonchev–Trinajstić information content (AvgIpc) is 2.57. The van der Waals surface area contributed by atoms with Gasteiger partial charge in [0.1, 0.15) is 11.4 Å². The number of rotatable bonds is 3. The zero-order valence-electron chi connectivity index (χ0n) is 14.6. The van der Waals surface area contributed by atoms with Crippen molar-refractivity contribution in [2.24, 2.45) is 10.2 Å². The van der Waals surface area contributed by atoms with E-state index in [0.29, 0.717) is 16.5 Å². The second-order valence-electron chi connectivity index (χ2n) is 6.21. The van der Waals surface area contributed by atoms with Gasteiger partial charge in [0.15, 0.2) is 0 Å². The molecule has 0 bridgehead atoms. The molecule has 0 fully saturated rings. The molecule has 0 aromatic heterocycles. The van der Waals surface area contributed by atoms with Gasteiger partial charge in [0.2, 0.25) is 0 Å². The second-order valence-corrected chi connectivity index (χ2v) is 7.64. The van der Waals surface area contributed by atoms with Crippen molar-refractivity contribution < 1.29 is 18.1 Å². The highest BCUT2D eigenvalue weighted by Crippen LogP contribution is 2.37. The van der Waals surface area contributed by atoms with E-state index in [1.54, 1.807) is 6.07 Å². The van der Waals surface area contributed by atoms with Gasteiger partial charge in [-0.05, 0) is 67.1 Å². The third-order valence-corrected chi connectivity index (χ3v) is 5.16. The predicted molar refractivity (Wildman–Crippen MR) is 100 cm³/mol. The largest absolute Gasteiger partial charge is 0.506 e. The molecule has 7 heteroatoms. The summed E-state index contributed by atoms with van der Waals surface area (Å²) in [5.74, 6) is -0.0673. The van der Waals surface area contributed by atoms with Crippen LogP contribution in [0, 0.1) is 20.8 Å². The van der Waals surface area contributed by atoms with Crippen LogP contribution in [0.2, 0.25) is 0 Å². The summed E-state index contributed by atoms with van der Waals surface area (Å²) in [4.78, 5) is -0.219. The van der Waals surface area contributed by atoms with E-state index >= 15 is 0 Å². The highest BCUT2D eigenvalue weighted by molar-refractivity contribution is 7.85. The smallest absolute Gasteiger partial charge is 0.294 e. The third kappa shape index (κ3) is 3.44. The van der Waals surface area contributed by atoms with Crippen molar-refractivity contribution >= 4 is 32.3 Å². The van der Waals surface area contributed by atoms with Crippen molar-refractivity contribution in [2.75, 3.05) is 0 Å². The van der Waals surface area contributed by atoms with E-state index in [-0.39, 0.29) is 16.3 Å². The Morgan fingerprint density at radius 2 is 1.54 bits per heavy atom. The van der Waals surface area contributed by atoms with Gasteiger partial charge in [0.05, 0.1) is 10.6 Å². The number of phenolic OH excluding ortho intramolecular Hbond substituents is 1. The van der Waals surface area contributed by atoms with Gasteiger partial charge >= 0.3 is 0 Å². The molecule has 0 spiro atoms. The third-order valence-electron chi connectivity index (χ3n) is 4.31. The van der Waals surface area contributed by atoms with E-state index in [2.05, 4.69) is 10.2 Å². The Hall–Kier alpha value is -2.77. The van der Waals surface area contributed by atoms with Crippen molar-refractivity contribution in [3.05, 3.63) is 59.2 Å². The van der Waals surface area contributed by atoms with E-state index in [1.165, 1.54) is 24.3 Å². The van der Waals surface area contributed by atoms with Crippen LogP contribution < -0.4 is 0 Å². The number of nitrogens with zero attached hydrogens (tertiary/aromatic N) is 2. The van der Waals surface area contributed by atoms with E-state index in [9.17, 15) is 18.1 Å². The van der Waals surface area contributed by atoms with Crippen LogP contribution in [-0.4, -0.2) is 18.1 Å². The SMILES string of the molecule is Cc1cc(C)c(N=Nc2c(O)ccc3cc(S(=O)(=O)O)ccc23)cc1C. The molecule has 6 nitrogen and oxygen atoms in total. The Morgan fingerprint density at radius 1 is 0.846 bits per heavy atom. The molecule has 0 unspecified atom stereocenters. The van der Waals surface area contributed by atoms with E-state index in [1.807, 2.05) is 32.9 Å². The second kappa shape index (κ2) is 6.51. The molecule has 0 saturated heterocycles. The molecule has 0 aliphatic rings. The molecule has 0 amide bonds. The highest BCUT2D eigenvalue weighted by atomic mass is 32.2. The maximum atomic E-state index is 11.3. The lowest BCUT2D eigenvalue weighted by molar-refractivity contribution is 0.477. The van der Waals surface area contributed by atoms with E-state index in [4.69, 9.17) is 0 Å². The topological polar surface area (TPSA) is 99.3 Å². The first kappa shape index (κ1) is 18.0. The summed E-state index contributed by atoms with van der Waals surface area (Å²) in [7, 11) is -4.30. The highest BCUT2D eigenvalue weighted by Gasteiger charge is 2.13. The molecule has 0 saturated carbocycles. The fourth-order valence-corrected chi connectivity index (χ4v) is 3.22. The monoisotopic (exact) mass is 370 g/mol. The summed E-state index contributed by atoms with van der Waals surface area (Å²) in [5.41, 5.74) is 4.14. The minimum Gasteiger partial charge on any atom is -0.506 e. The van der Waals surface area contributed by atoms with Crippen molar-refractivity contribution in [3.8, 4) is 5.75 Å². The number of hydrogen-bond acceptors (Lipinski definition) is 5. The van der Waals surface area contributed by atoms with Crippen LogP contribution in [0.15, 0.2) is 57.6 Å². The molecule has 26 heavy (non-hydrogen) atoms. The van der Waals surface area contributed by atoms with Gasteiger partial charge < -0.3 is 5.11 Å². The molecule has 0 heterocycles. The van der Waals surface area contributed by atoms with Gasteiger partial charge in [-0.25, -0.2) is 0 Å². The van der Waals surface area contributed by atoms with Gasteiger partial charge in [-0.1, -0.05) is 18.2 Å². The summed E-state index contributed by atoms with van der Waals surface area (Å²) in [6, 6.07) is 11.0. The lowest BCUT2D eigenvalue weighted by Gasteiger charge is -2.07. The minimum atomic E-state index is -4.30. The van der Waals surface area contributed by atoms with Crippen molar-refractivity contribution in [1.82, 2.24) is 0 Å². The molecule has 134 valence electrons. The van der Waals surface area contributed by atoms with Gasteiger partial charge in [0.25, 0.3) is 10.1 Å². The van der Waals surface area contributed by atoms with Gasteiger partial charge in [-0.3, -0.25) is 4.55 Å². The predicted octanol–water partition coefficient (Wildman–Crippen LogP) is 5.13. The Labute approximate surface area is 151 Å². The number of benzene rings is 3. The number of aromatic hydroxyl groups is 1. The summed E-state index contributed by atoms with van der Waals surface area (Å²) >= 11 is 0. The van der Waals surface area contributed by atoms with Gasteiger partial charge in [-0.15, -0.1) is 5.11 Å². The summed E-state index contributed by atoms with van der Waals surface area (Å²) in [6.45, 7) is 5.94. The Kier molecular flexibility index (Phi) is 4.52. The molecule has 3 aromatic carbocycles. The standard InChI is InChI=1S/C19H18N2O4S/c1-11-8-13(3)17(9-12(11)2)20-21-19-16-6-5-15(26(23,24)25)10-14(16)4-7-18(19)22/h4-10,22H,1-3H3,(H,23,24,25). The van der Waals surface area contributed by atoms with Crippen LogP contribution in [-0.2, 0) is 10.1 Å². The molecule has 2 N–H and O–H groups in total. The molecule has 0 aliphatic heterocycles. The maximum Gasteiger partial charge on any atom is 0.294 e. The Balaban J connectivity index is 2.13. The molecule has 0 radical (unpaired) electrons. The minimum absolute atomic E-state index is 0.0673. The Morgan fingerprint density at radius 3 is 2.23 bits per heavy atom. The van der Waals surface area contributed by atoms with Crippen LogP contribution in [0.4, 0.5) is 11.4 Å². The molecule has 3 rings (SSSR count). The summed E-state index contributed by atoms with van der Waals surface area (Å²) < 4.78 is 31.8. The molecule has 0 atom stereocenters. The molecular formula is C19H18N2O4S.